The summed E-state index contributed by atoms with van der Waals surface area (Å²) in [4.78, 5) is 33.4. The summed E-state index contributed by atoms with van der Waals surface area (Å²) in [7, 11) is 3.03. The largest absolute Gasteiger partial charge is 0.507 e. The number of ketones is 1. The Morgan fingerprint density at radius 3 is 2.31 bits per heavy atom. The molecule has 1 N–H and O–H groups in total. The molecule has 0 radical (unpaired) electrons. The number of thiazole rings is 1. The third-order valence-electron chi connectivity index (χ3n) is 5.83. The lowest BCUT2D eigenvalue weighted by molar-refractivity contribution is -0.132. The SMILES string of the molecule is CCOc1ccc(C(O)=C2C(=O)C(=O)N(c3nc(C)c(C)s3)C2c2ccc(OC)c(OC)c2)cc1. The van der Waals surface area contributed by atoms with Crippen molar-refractivity contribution in [2.24, 2.45) is 0 Å². The van der Waals surface area contributed by atoms with Gasteiger partial charge in [-0.2, -0.15) is 0 Å². The number of aryl methyl sites for hydroxylation is 2. The van der Waals surface area contributed by atoms with Crippen LogP contribution in [0.2, 0.25) is 0 Å². The number of Topliss-reactive ketones (excluding diaryl/α,β-unsaturated/α-hetero) is 1. The van der Waals surface area contributed by atoms with Crippen molar-refractivity contribution in [2.75, 3.05) is 25.7 Å². The van der Waals surface area contributed by atoms with E-state index in [4.69, 9.17) is 14.2 Å². The number of aromatic nitrogens is 1. The van der Waals surface area contributed by atoms with E-state index in [1.807, 2.05) is 20.8 Å². The van der Waals surface area contributed by atoms with E-state index >= 15 is 0 Å². The van der Waals surface area contributed by atoms with Crippen molar-refractivity contribution >= 4 is 33.9 Å². The van der Waals surface area contributed by atoms with Crippen molar-refractivity contribution < 1.29 is 28.9 Å². The molecule has 0 bridgehead atoms. The minimum Gasteiger partial charge on any atom is -0.507 e. The average Bonchev–Trinajstić information content (AvgIpc) is 3.33. The maximum Gasteiger partial charge on any atom is 0.301 e. The third-order valence-corrected chi connectivity index (χ3v) is 6.90. The molecule has 182 valence electrons. The summed E-state index contributed by atoms with van der Waals surface area (Å²) in [5.41, 5.74) is 1.70. The number of hydrogen-bond donors (Lipinski definition) is 1. The van der Waals surface area contributed by atoms with E-state index in [-0.39, 0.29) is 11.3 Å². The fourth-order valence-electron chi connectivity index (χ4n) is 3.96. The molecule has 2 aromatic carbocycles. The van der Waals surface area contributed by atoms with Crippen LogP contribution in [0.25, 0.3) is 5.76 Å². The second-order valence-electron chi connectivity index (χ2n) is 7.88. The van der Waals surface area contributed by atoms with E-state index in [1.54, 1.807) is 42.5 Å². The molecule has 0 saturated carbocycles. The standard InChI is InChI=1S/C26H26N2O6S/c1-6-34-18-10-7-16(8-11-18)23(29)21-22(17-9-12-19(32-4)20(13-17)33-5)28(25(31)24(21)30)26-27-14(2)15(3)35-26/h7-13,22,29H,6H2,1-5H3. The van der Waals surface area contributed by atoms with Crippen molar-refractivity contribution in [2.45, 2.75) is 26.8 Å². The van der Waals surface area contributed by atoms with Crippen LogP contribution >= 0.6 is 11.3 Å². The van der Waals surface area contributed by atoms with Crippen LogP contribution in [0.4, 0.5) is 5.13 Å². The molecule has 1 fully saturated rings. The highest BCUT2D eigenvalue weighted by Gasteiger charge is 2.48. The molecule has 3 aromatic rings. The number of benzene rings is 2. The number of ether oxygens (including phenoxy) is 3. The molecule has 35 heavy (non-hydrogen) atoms. The zero-order chi connectivity index (χ0) is 25.3. The molecule has 1 atom stereocenters. The minimum atomic E-state index is -0.911. The molecule has 0 aliphatic carbocycles. The summed E-state index contributed by atoms with van der Waals surface area (Å²) in [5.74, 6) is -0.259. The Morgan fingerprint density at radius 2 is 1.74 bits per heavy atom. The van der Waals surface area contributed by atoms with Gasteiger partial charge in [0.2, 0.25) is 0 Å². The Bertz CT molecular complexity index is 1290. The van der Waals surface area contributed by atoms with Gasteiger partial charge in [0, 0.05) is 10.4 Å². The number of carbonyl (C=O) groups excluding carboxylic acids is 2. The van der Waals surface area contributed by atoms with Crippen LogP contribution in [-0.2, 0) is 9.59 Å². The van der Waals surface area contributed by atoms with Gasteiger partial charge < -0.3 is 19.3 Å². The van der Waals surface area contributed by atoms with Gasteiger partial charge in [0.25, 0.3) is 5.78 Å². The summed E-state index contributed by atoms with van der Waals surface area (Å²) in [5, 5.41) is 11.7. The first-order valence-electron chi connectivity index (χ1n) is 11.0. The van der Waals surface area contributed by atoms with Crippen molar-refractivity contribution in [3.63, 3.8) is 0 Å². The highest BCUT2D eigenvalue weighted by atomic mass is 32.1. The first kappa shape index (κ1) is 24.3. The molecular formula is C26H26N2O6S. The Morgan fingerprint density at radius 1 is 1.06 bits per heavy atom. The Hall–Kier alpha value is -3.85. The topological polar surface area (TPSA) is 98.2 Å². The fourth-order valence-corrected chi connectivity index (χ4v) is 4.89. The summed E-state index contributed by atoms with van der Waals surface area (Å²) >= 11 is 1.32. The fraction of sp³-hybridized carbons (Fsp3) is 0.269. The van der Waals surface area contributed by atoms with E-state index in [9.17, 15) is 14.7 Å². The lowest BCUT2D eigenvalue weighted by Crippen LogP contribution is -2.29. The molecule has 1 aliphatic rings. The van der Waals surface area contributed by atoms with Crippen LogP contribution < -0.4 is 19.1 Å². The molecule has 4 rings (SSSR count). The van der Waals surface area contributed by atoms with Crippen LogP contribution in [0.15, 0.2) is 48.0 Å². The van der Waals surface area contributed by atoms with Gasteiger partial charge in [0.05, 0.1) is 38.1 Å². The molecule has 2 heterocycles. The lowest BCUT2D eigenvalue weighted by Gasteiger charge is -2.23. The Kier molecular flexibility index (Phi) is 6.79. The molecule has 0 spiro atoms. The van der Waals surface area contributed by atoms with Gasteiger partial charge in [-0.25, -0.2) is 4.98 Å². The third kappa shape index (κ3) is 4.35. The van der Waals surface area contributed by atoms with Gasteiger partial charge >= 0.3 is 5.91 Å². The van der Waals surface area contributed by atoms with Crippen LogP contribution in [-0.4, -0.2) is 42.6 Å². The number of nitrogens with zero attached hydrogens (tertiary/aromatic N) is 2. The molecule has 1 aromatic heterocycles. The van der Waals surface area contributed by atoms with E-state index in [1.165, 1.54) is 30.5 Å². The number of methoxy groups -OCH3 is 2. The van der Waals surface area contributed by atoms with Gasteiger partial charge in [-0.1, -0.05) is 6.07 Å². The van der Waals surface area contributed by atoms with Crippen molar-refractivity contribution in [1.82, 2.24) is 4.98 Å². The summed E-state index contributed by atoms with van der Waals surface area (Å²) in [6.07, 6.45) is 0. The first-order valence-corrected chi connectivity index (χ1v) is 11.8. The van der Waals surface area contributed by atoms with Gasteiger partial charge in [-0.15, -0.1) is 11.3 Å². The number of amides is 1. The molecule has 1 aliphatic heterocycles. The normalized spacial score (nSPS) is 17.1. The van der Waals surface area contributed by atoms with Gasteiger partial charge in [0.15, 0.2) is 16.6 Å². The number of aliphatic hydroxyl groups is 1. The molecule has 9 heteroatoms. The van der Waals surface area contributed by atoms with E-state index in [0.717, 1.165) is 10.6 Å². The van der Waals surface area contributed by atoms with Gasteiger partial charge in [0.1, 0.15) is 11.5 Å². The monoisotopic (exact) mass is 494 g/mol. The molecule has 8 nitrogen and oxygen atoms in total. The van der Waals surface area contributed by atoms with Crippen molar-refractivity contribution in [1.29, 1.82) is 0 Å². The lowest BCUT2D eigenvalue weighted by atomic mass is 9.95. The van der Waals surface area contributed by atoms with E-state index in [0.29, 0.717) is 40.1 Å². The highest BCUT2D eigenvalue weighted by Crippen LogP contribution is 2.45. The summed E-state index contributed by atoms with van der Waals surface area (Å²) < 4.78 is 16.3. The predicted molar refractivity (Wildman–Crippen MR) is 134 cm³/mol. The number of hydrogen-bond acceptors (Lipinski definition) is 8. The summed E-state index contributed by atoms with van der Waals surface area (Å²) in [6, 6.07) is 10.9. The highest BCUT2D eigenvalue weighted by molar-refractivity contribution is 7.16. The maximum absolute atomic E-state index is 13.3. The zero-order valence-corrected chi connectivity index (χ0v) is 20.9. The number of anilines is 1. The van der Waals surface area contributed by atoms with Crippen LogP contribution in [0.5, 0.6) is 17.2 Å². The average molecular weight is 495 g/mol. The van der Waals surface area contributed by atoms with E-state index < -0.39 is 17.7 Å². The number of aliphatic hydroxyl groups excluding tert-OH is 1. The second-order valence-corrected chi connectivity index (χ2v) is 9.06. The molecular weight excluding hydrogens is 468 g/mol. The summed E-state index contributed by atoms with van der Waals surface area (Å²) in [6.45, 7) is 6.12. The first-order chi connectivity index (χ1) is 16.8. The second kappa shape index (κ2) is 9.79. The molecule has 1 amide bonds. The molecule has 1 saturated heterocycles. The van der Waals surface area contributed by atoms with Crippen molar-refractivity contribution in [3.05, 3.63) is 69.7 Å². The number of rotatable bonds is 7. The number of carbonyl (C=O) groups is 2. The van der Waals surface area contributed by atoms with Crippen molar-refractivity contribution in [3.8, 4) is 17.2 Å². The van der Waals surface area contributed by atoms with Crippen LogP contribution in [0.1, 0.15) is 34.7 Å². The van der Waals surface area contributed by atoms with E-state index in [2.05, 4.69) is 4.98 Å². The molecule has 1 unspecified atom stereocenters. The van der Waals surface area contributed by atoms with Crippen LogP contribution in [0.3, 0.4) is 0 Å². The minimum absolute atomic E-state index is 0.0307. The van der Waals surface area contributed by atoms with Gasteiger partial charge in [-0.3, -0.25) is 14.5 Å². The maximum atomic E-state index is 13.3. The quantitative estimate of drug-likeness (QED) is 0.286. The predicted octanol–water partition coefficient (Wildman–Crippen LogP) is 4.80. The zero-order valence-electron chi connectivity index (χ0n) is 20.1. The smallest absolute Gasteiger partial charge is 0.301 e. The Labute approximate surface area is 207 Å². The Balaban J connectivity index is 1.92. The van der Waals surface area contributed by atoms with Gasteiger partial charge in [-0.05, 0) is 62.7 Å². The van der Waals surface area contributed by atoms with Crippen LogP contribution in [0, 0.1) is 13.8 Å².